The molecule has 0 amide bonds. The fourth-order valence-corrected chi connectivity index (χ4v) is 2.15. The van der Waals surface area contributed by atoms with Crippen molar-refractivity contribution in [2.24, 2.45) is 0 Å². The molecule has 0 fully saturated rings. The molecular formula is C17H16BNO3. The molecule has 0 aromatic heterocycles. The molecule has 2 rings (SSSR count). The summed E-state index contributed by atoms with van der Waals surface area (Å²) in [5.74, 6) is -2.38. The van der Waals surface area contributed by atoms with E-state index in [-0.39, 0.29) is 5.56 Å². The summed E-state index contributed by atoms with van der Waals surface area (Å²) in [5, 5.41) is 11.7. The van der Waals surface area contributed by atoms with Gasteiger partial charge >= 0.3 is 5.97 Å². The van der Waals surface area contributed by atoms with Crippen LogP contribution in [0.25, 0.3) is 12.2 Å². The van der Waals surface area contributed by atoms with Gasteiger partial charge in [0.05, 0.1) is 5.56 Å². The standard InChI is InChI=1S/C17H16BNO3/c1-11-4-2-3-5-13(11)8-6-12-7-9-14(15(10-12)19-18)16(20)17(21)22/h2-10,19H,18H2,1H3,(H,21,22)/b8-6+. The van der Waals surface area contributed by atoms with Gasteiger partial charge in [-0.1, -0.05) is 42.5 Å². The molecular weight excluding hydrogens is 277 g/mol. The second-order valence-electron chi connectivity index (χ2n) is 4.88. The molecule has 5 heteroatoms. The Balaban J connectivity index is 2.32. The first-order valence-corrected chi connectivity index (χ1v) is 6.86. The monoisotopic (exact) mass is 293 g/mol. The van der Waals surface area contributed by atoms with E-state index in [0.717, 1.165) is 11.1 Å². The number of rotatable bonds is 5. The molecule has 110 valence electrons. The van der Waals surface area contributed by atoms with E-state index < -0.39 is 11.8 Å². The van der Waals surface area contributed by atoms with Crippen molar-refractivity contribution in [2.45, 2.75) is 6.92 Å². The molecule has 0 spiro atoms. The molecule has 4 nitrogen and oxygen atoms in total. The maximum atomic E-state index is 11.6. The topological polar surface area (TPSA) is 66.4 Å². The van der Waals surface area contributed by atoms with Crippen molar-refractivity contribution in [3.63, 3.8) is 0 Å². The second kappa shape index (κ2) is 6.76. The molecule has 2 aromatic rings. The normalized spacial score (nSPS) is 10.6. The van der Waals surface area contributed by atoms with Crippen LogP contribution in [0.4, 0.5) is 5.69 Å². The zero-order valence-electron chi connectivity index (χ0n) is 12.5. The van der Waals surface area contributed by atoms with Crippen LogP contribution in [0.1, 0.15) is 27.0 Å². The molecule has 22 heavy (non-hydrogen) atoms. The number of carboxylic acids is 1. The molecule has 0 radical (unpaired) electrons. The van der Waals surface area contributed by atoms with Gasteiger partial charge in [0.2, 0.25) is 7.98 Å². The Morgan fingerprint density at radius 1 is 1.14 bits per heavy atom. The van der Waals surface area contributed by atoms with Gasteiger partial charge < -0.3 is 10.3 Å². The van der Waals surface area contributed by atoms with Gasteiger partial charge in [0, 0.05) is 5.69 Å². The van der Waals surface area contributed by atoms with Crippen molar-refractivity contribution in [2.75, 3.05) is 5.23 Å². The van der Waals surface area contributed by atoms with E-state index in [9.17, 15) is 9.59 Å². The Morgan fingerprint density at radius 3 is 2.50 bits per heavy atom. The Kier molecular flexibility index (Phi) is 4.78. The lowest BCUT2D eigenvalue weighted by Crippen LogP contribution is -2.14. The van der Waals surface area contributed by atoms with E-state index in [2.05, 4.69) is 5.23 Å². The van der Waals surface area contributed by atoms with Crippen LogP contribution in [0.15, 0.2) is 42.5 Å². The van der Waals surface area contributed by atoms with Crippen molar-refractivity contribution >= 4 is 37.6 Å². The maximum absolute atomic E-state index is 11.6. The average Bonchev–Trinajstić information content (AvgIpc) is 2.53. The average molecular weight is 293 g/mol. The number of benzene rings is 2. The van der Waals surface area contributed by atoms with Crippen molar-refractivity contribution in [3.05, 3.63) is 64.7 Å². The van der Waals surface area contributed by atoms with Crippen molar-refractivity contribution in [1.82, 2.24) is 0 Å². The first-order chi connectivity index (χ1) is 10.5. The lowest BCUT2D eigenvalue weighted by molar-refractivity contribution is -0.131. The van der Waals surface area contributed by atoms with E-state index in [1.165, 1.54) is 11.6 Å². The molecule has 2 aromatic carbocycles. The van der Waals surface area contributed by atoms with E-state index in [0.29, 0.717) is 5.69 Å². The number of carboxylic acid groups (broad SMARTS) is 1. The van der Waals surface area contributed by atoms with Gasteiger partial charge in [0.15, 0.2) is 0 Å². The highest BCUT2D eigenvalue weighted by Gasteiger charge is 2.17. The van der Waals surface area contributed by atoms with Crippen LogP contribution in [0.3, 0.4) is 0 Å². The summed E-state index contributed by atoms with van der Waals surface area (Å²) < 4.78 is 0. The molecule has 0 saturated heterocycles. The van der Waals surface area contributed by atoms with Crippen LogP contribution in [0, 0.1) is 6.92 Å². The number of aliphatic carboxylic acids is 1. The van der Waals surface area contributed by atoms with Crippen LogP contribution >= 0.6 is 0 Å². The first kappa shape index (κ1) is 15.6. The van der Waals surface area contributed by atoms with Crippen LogP contribution in [-0.4, -0.2) is 24.8 Å². The highest BCUT2D eigenvalue weighted by molar-refractivity contribution is 6.41. The molecule has 0 atom stereocenters. The van der Waals surface area contributed by atoms with Crippen LogP contribution in [0.2, 0.25) is 0 Å². The Labute approximate surface area is 129 Å². The summed E-state index contributed by atoms with van der Waals surface area (Å²) in [5.41, 5.74) is 3.82. The van der Waals surface area contributed by atoms with Gasteiger partial charge in [-0.05, 0) is 35.7 Å². The highest BCUT2D eigenvalue weighted by atomic mass is 16.4. The predicted octanol–water partition coefficient (Wildman–Crippen LogP) is 2.39. The summed E-state index contributed by atoms with van der Waals surface area (Å²) in [7, 11) is 1.66. The quantitative estimate of drug-likeness (QED) is 0.384. The molecule has 0 saturated carbocycles. The Hall–Kier alpha value is -2.82. The number of anilines is 1. The van der Waals surface area contributed by atoms with Crippen LogP contribution in [-0.2, 0) is 4.79 Å². The van der Waals surface area contributed by atoms with E-state index >= 15 is 0 Å². The molecule has 0 aliphatic carbocycles. The molecule has 0 heterocycles. The minimum Gasteiger partial charge on any atom is -0.475 e. The summed E-state index contributed by atoms with van der Waals surface area (Å²) in [4.78, 5) is 22.4. The fraction of sp³-hybridized carbons (Fsp3) is 0.0588. The number of carbonyl (C=O) groups excluding carboxylic acids is 1. The minimum atomic E-state index is -1.46. The van der Waals surface area contributed by atoms with Gasteiger partial charge in [0.25, 0.3) is 5.78 Å². The smallest absolute Gasteiger partial charge is 0.377 e. The number of Topliss-reactive ketones (excluding diaryl/α,β-unsaturated/α-hetero) is 1. The third kappa shape index (κ3) is 3.44. The summed E-state index contributed by atoms with van der Waals surface area (Å²) >= 11 is 0. The van der Waals surface area contributed by atoms with E-state index in [1.807, 2.05) is 43.3 Å². The van der Waals surface area contributed by atoms with Gasteiger partial charge in [-0.3, -0.25) is 4.79 Å². The lowest BCUT2D eigenvalue weighted by atomic mass is 10.0. The number of hydrogen-bond acceptors (Lipinski definition) is 3. The van der Waals surface area contributed by atoms with Gasteiger partial charge in [0.1, 0.15) is 0 Å². The number of ketones is 1. The number of carbonyl (C=O) groups is 2. The molecule has 2 N–H and O–H groups in total. The van der Waals surface area contributed by atoms with E-state index in [1.54, 1.807) is 20.1 Å². The maximum Gasteiger partial charge on any atom is 0.377 e. The SMILES string of the molecule is BNc1cc(/C=C/c2ccccc2C)ccc1C(=O)C(=O)O. The first-order valence-electron chi connectivity index (χ1n) is 6.86. The molecule has 0 unspecified atom stereocenters. The van der Waals surface area contributed by atoms with Gasteiger partial charge in [-0.15, -0.1) is 0 Å². The summed E-state index contributed by atoms with van der Waals surface area (Å²) in [6.07, 6.45) is 3.92. The highest BCUT2D eigenvalue weighted by Crippen LogP contribution is 2.20. The van der Waals surface area contributed by atoms with Crippen molar-refractivity contribution < 1.29 is 14.7 Å². The third-order valence-electron chi connectivity index (χ3n) is 3.40. The molecule has 0 aliphatic rings. The van der Waals surface area contributed by atoms with Crippen LogP contribution < -0.4 is 5.23 Å². The van der Waals surface area contributed by atoms with Gasteiger partial charge in [-0.25, -0.2) is 4.79 Å². The number of aryl methyl sites for hydroxylation is 1. The third-order valence-corrected chi connectivity index (χ3v) is 3.40. The Morgan fingerprint density at radius 2 is 1.86 bits per heavy atom. The van der Waals surface area contributed by atoms with Gasteiger partial charge in [-0.2, -0.15) is 0 Å². The minimum absolute atomic E-state index is 0.156. The number of hydrogen-bond donors (Lipinski definition) is 2. The zero-order chi connectivity index (χ0) is 16.1. The van der Waals surface area contributed by atoms with Crippen molar-refractivity contribution in [3.8, 4) is 0 Å². The zero-order valence-corrected chi connectivity index (χ0v) is 12.5. The summed E-state index contributed by atoms with van der Waals surface area (Å²) in [6, 6.07) is 13.0. The lowest BCUT2D eigenvalue weighted by Gasteiger charge is -2.08. The molecule has 0 bridgehead atoms. The fourth-order valence-electron chi connectivity index (χ4n) is 2.15. The van der Waals surface area contributed by atoms with Crippen molar-refractivity contribution in [1.29, 1.82) is 0 Å². The largest absolute Gasteiger partial charge is 0.475 e. The second-order valence-corrected chi connectivity index (χ2v) is 4.88. The number of nitrogens with one attached hydrogen (secondary N) is 1. The van der Waals surface area contributed by atoms with Crippen LogP contribution in [0.5, 0.6) is 0 Å². The summed E-state index contributed by atoms with van der Waals surface area (Å²) in [6.45, 7) is 2.04. The predicted molar refractivity (Wildman–Crippen MR) is 90.7 cm³/mol. The Bertz CT molecular complexity index is 753. The molecule has 0 aliphatic heterocycles. The van der Waals surface area contributed by atoms with E-state index in [4.69, 9.17) is 5.11 Å².